The molecule has 0 atom stereocenters. The summed E-state index contributed by atoms with van der Waals surface area (Å²) in [5.74, 6) is 1.67. The molecule has 0 spiro atoms. The molecule has 1 aliphatic carbocycles. The maximum Gasteiger partial charge on any atom is 0.137 e. The van der Waals surface area contributed by atoms with Gasteiger partial charge < -0.3 is 10.0 Å². The highest BCUT2D eigenvalue weighted by Crippen LogP contribution is 2.31. The Labute approximate surface area is 126 Å². The van der Waals surface area contributed by atoms with Crippen molar-refractivity contribution >= 4 is 17.4 Å². The summed E-state index contributed by atoms with van der Waals surface area (Å²) in [4.78, 5) is 11.3. The Kier molecular flexibility index (Phi) is 4.86. The molecule has 0 bridgehead atoms. The summed E-state index contributed by atoms with van der Waals surface area (Å²) >= 11 is 6.17. The first-order valence-electron chi connectivity index (χ1n) is 7.34. The second kappa shape index (κ2) is 6.27. The molecule has 20 heavy (non-hydrogen) atoms. The average molecular weight is 298 g/mol. The van der Waals surface area contributed by atoms with E-state index in [0.29, 0.717) is 11.2 Å². The second-order valence-corrected chi connectivity index (χ2v) is 6.87. The van der Waals surface area contributed by atoms with Crippen LogP contribution in [-0.4, -0.2) is 34.3 Å². The minimum Gasteiger partial charge on any atom is -0.396 e. The molecule has 1 fully saturated rings. The Morgan fingerprint density at radius 2 is 2.05 bits per heavy atom. The molecule has 5 heteroatoms. The van der Waals surface area contributed by atoms with Crippen LogP contribution in [-0.2, 0) is 5.41 Å². The number of halogens is 1. The van der Waals surface area contributed by atoms with Crippen molar-refractivity contribution in [2.24, 2.45) is 0 Å². The molecule has 0 saturated heterocycles. The Morgan fingerprint density at radius 1 is 1.35 bits per heavy atom. The third-order valence-electron chi connectivity index (χ3n) is 3.72. The molecule has 0 amide bonds. The standard InChI is InChI=1S/C15H24ClN3O/c1-15(2,3)14-17-12(16)10-13(18-14)19(8-5-9-20)11-6-4-7-11/h10-11,20H,4-9H2,1-3H3. The van der Waals surface area contributed by atoms with Gasteiger partial charge >= 0.3 is 0 Å². The van der Waals surface area contributed by atoms with Gasteiger partial charge in [-0.2, -0.15) is 0 Å². The van der Waals surface area contributed by atoms with Gasteiger partial charge in [-0.15, -0.1) is 0 Å². The molecule has 1 heterocycles. The topological polar surface area (TPSA) is 49.2 Å². The monoisotopic (exact) mass is 297 g/mol. The van der Waals surface area contributed by atoms with Crippen molar-refractivity contribution < 1.29 is 5.11 Å². The largest absolute Gasteiger partial charge is 0.396 e. The number of rotatable bonds is 5. The Bertz CT molecular complexity index is 455. The highest BCUT2D eigenvalue weighted by molar-refractivity contribution is 6.29. The van der Waals surface area contributed by atoms with Crippen LogP contribution in [0.5, 0.6) is 0 Å². The average Bonchev–Trinajstić information content (AvgIpc) is 2.30. The lowest BCUT2D eigenvalue weighted by Gasteiger charge is -2.38. The highest BCUT2D eigenvalue weighted by atomic mass is 35.5. The number of aliphatic hydroxyl groups excluding tert-OH is 1. The number of hydrogen-bond donors (Lipinski definition) is 1. The quantitative estimate of drug-likeness (QED) is 0.848. The van der Waals surface area contributed by atoms with E-state index < -0.39 is 0 Å². The first-order valence-corrected chi connectivity index (χ1v) is 7.72. The zero-order valence-electron chi connectivity index (χ0n) is 12.6. The van der Waals surface area contributed by atoms with Gasteiger partial charge in [-0.25, -0.2) is 9.97 Å². The van der Waals surface area contributed by atoms with E-state index in [4.69, 9.17) is 21.7 Å². The lowest BCUT2D eigenvalue weighted by atomic mass is 9.91. The second-order valence-electron chi connectivity index (χ2n) is 6.48. The smallest absolute Gasteiger partial charge is 0.137 e. The van der Waals surface area contributed by atoms with Crippen molar-refractivity contribution in [2.75, 3.05) is 18.1 Å². The van der Waals surface area contributed by atoms with Crippen LogP contribution >= 0.6 is 11.6 Å². The first-order chi connectivity index (χ1) is 9.41. The SMILES string of the molecule is CC(C)(C)c1nc(Cl)cc(N(CCCO)C2CCC2)n1. The van der Waals surface area contributed by atoms with Crippen LogP contribution in [0.3, 0.4) is 0 Å². The van der Waals surface area contributed by atoms with Gasteiger partial charge in [0.05, 0.1) is 0 Å². The van der Waals surface area contributed by atoms with Crippen LogP contribution in [0.4, 0.5) is 5.82 Å². The molecule has 4 nitrogen and oxygen atoms in total. The molecule has 0 aliphatic heterocycles. The van der Waals surface area contributed by atoms with Gasteiger partial charge in [0.1, 0.15) is 16.8 Å². The molecular formula is C15H24ClN3O. The number of aromatic nitrogens is 2. The van der Waals surface area contributed by atoms with Crippen molar-refractivity contribution in [2.45, 2.75) is 57.9 Å². The van der Waals surface area contributed by atoms with Crippen LogP contribution in [0.2, 0.25) is 5.15 Å². The molecule has 1 aromatic rings. The Morgan fingerprint density at radius 3 is 2.55 bits per heavy atom. The van der Waals surface area contributed by atoms with Gasteiger partial charge in [0, 0.05) is 30.7 Å². The third-order valence-corrected chi connectivity index (χ3v) is 3.91. The third kappa shape index (κ3) is 3.61. The lowest BCUT2D eigenvalue weighted by Crippen LogP contribution is -2.42. The van der Waals surface area contributed by atoms with E-state index in [0.717, 1.165) is 24.6 Å². The molecule has 2 rings (SSSR count). The molecule has 0 aromatic carbocycles. The summed E-state index contributed by atoms with van der Waals surface area (Å²) in [5, 5.41) is 9.58. The fourth-order valence-corrected chi connectivity index (χ4v) is 2.49. The van der Waals surface area contributed by atoms with E-state index >= 15 is 0 Å². The summed E-state index contributed by atoms with van der Waals surface area (Å²) < 4.78 is 0. The highest BCUT2D eigenvalue weighted by Gasteiger charge is 2.27. The van der Waals surface area contributed by atoms with Crippen molar-refractivity contribution in [3.63, 3.8) is 0 Å². The van der Waals surface area contributed by atoms with Gasteiger partial charge in [-0.3, -0.25) is 0 Å². The molecular weight excluding hydrogens is 274 g/mol. The maximum atomic E-state index is 9.09. The Balaban J connectivity index is 2.29. The first kappa shape index (κ1) is 15.5. The van der Waals surface area contributed by atoms with E-state index in [1.54, 1.807) is 0 Å². The number of nitrogens with zero attached hydrogens (tertiary/aromatic N) is 3. The molecule has 0 unspecified atom stereocenters. The minimum absolute atomic E-state index is 0.123. The predicted molar refractivity (Wildman–Crippen MR) is 82.4 cm³/mol. The van der Waals surface area contributed by atoms with E-state index in [1.807, 2.05) is 6.07 Å². The van der Waals surface area contributed by atoms with E-state index in [-0.39, 0.29) is 12.0 Å². The van der Waals surface area contributed by atoms with Gasteiger partial charge in [-0.05, 0) is 25.7 Å². The van der Waals surface area contributed by atoms with Crippen molar-refractivity contribution in [3.8, 4) is 0 Å². The molecule has 1 aromatic heterocycles. The molecule has 0 radical (unpaired) electrons. The van der Waals surface area contributed by atoms with Crippen molar-refractivity contribution in [1.29, 1.82) is 0 Å². The zero-order chi connectivity index (χ0) is 14.8. The summed E-state index contributed by atoms with van der Waals surface area (Å²) in [5.41, 5.74) is -0.123. The molecule has 1 N–H and O–H groups in total. The van der Waals surface area contributed by atoms with Crippen LogP contribution in [0, 0.1) is 0 Å². The lowest BCUT2D eigenvalue weighted by molar-refractivity contribution is 0.282. The molecule has 112 valence electrons. The number of aliphatic hydroxyl groups is 1. The van der Waals surface area contributed by atoms with Crippen LogP contribution in [0.1, 0.15) is 52.3 Å². The molecule has 1 aliphatic rings. The van der Waals surface area contributed by atoms with Crippen molar-refractivity contribution in [3.05, 3.63) is 17.0 Å². The fraction of sp³-hybridized carbons (Fsp3) is 0.733. The van der Waals surface area contributed by atoms with Crippen LogP contribution in [0.25, 0.3) is 0 Å². The van der Waals surface area contributed by atoms with Gasteiger partial charge in [0.15, 0.2) is 0 Å². The predicted octanol–water partition coefficient (Wildman–Crippen LogP) is 3.17. The fourth-order valence-electron chi connectivity index (χ4n) is 2.31. The summed E-state index contributed by atoms with van der Waals surface area (Å²) in [6.07, 6.45) is 4.41. The summed E-state index contributed by atoms with van der Waals surface area (Å²) in [6, 6.07) is 2.37. The van der Waals surface area contributed by atoms with Crippen molar-refractivity contribution in [1.82, 2.24) is 9.97 Å². The number of hydrogen-bond acceptors (Lipinski definition) is 4. The summed E-state index contributed by atoms with van der Waals surface area (Å²) in [7, 11) is 0. The van der Waals surface area contributed by atoms with Gasteiger partial charge in [0.2, 0.25) is 0 Å². The maximum absolute atomic E-state index is 9.09. The van der Waals surface area contributed by atoms with Crippen LogP contribution in [0.15, 0.2) is 6.07 Å². The van der Waals surface area contributed by atoms with Gasteiger partial charge in [-0.1, -0.05) is 32.4 Å². The van der Waals surface area contributed by atoms with Gasteiger partial charge in [0.25, 0.3) is 0 Å². The van der Waals surface area contributed by atoms with E-state index in [9.17, 15) is 0 Å². The minimum atomic E-state index is -0.123. The van der Waals surface area contributed by atoms with Crippen LogP contribution < -0.4 is 4.90 Å². The Hall–Kier alpha value is -0.870. The summed E-state index contributed by atoms with van der Waals surface area (Å²) in [6.45, 7) is 7.28. The normalized spacial score (nSPS) is 16.1. The van der Waals surface area contributed by atoms with E-state index in [1.165, 1.54) is 19.3 Å². The molecule has 1 saturated carbocycles. The zero-order valence-corrected chi connectivity index (χ0v) is 13.3. The number of anilines is 1. The van der Waals surface area contributed by atoms with E-state index in [2.05, 4.69) is 30.7 Å².